The molecule has 1 aliphatic rings. The van der Waals surface area contributed by atoms with E-state index < -0.39 is 11.5 Å². The van der Waals surface area contributed by atoms with E-state index in [-0.39, 0.29) is 0 Å². The fourth-order valence-corrected chi connectivity index (χ4v) is 3.03. The second kappa shape index (κ2) is 7.25. The lowest BCUT2D eigenvalue weighted by atomic mass is 9.94. The largest absolute Gasteiger partial charge is 0.480 e. The average molecular weight is 270 g/mol. The lowest BCUT2D eigenvalue weighted by Gasteiger charge is -2.39. The first kappa shape index (κ1) is 16.4. The van der Waals surface area contributed by atoms with Crippen LogP contribution < -0.4 is 5.32 Å². The topological polar surface area (TPSA) is 52.6 Å². The number of carboxylic acids is 1. The zero-order valence-electron chi connectivity index (χ0n) is 12.9. The van der Waals surface area contributed by atoms with Gasteiger partial charge in [0.25, 0.3) is 0 Å². The molecular weight excluding hydrogens is 240 g/mol. The Balaban J connectivity index is 2.32. The van der Waals surface area contributed by atoms with Crippen LogP contribution in [0, 0.1) is 0 Å². The molecule has 19 heavy (non-hydrogen) atoms. The number of rotatable bonds is 7. The molecule has 1 aliphatic heterocycles. The van der Waals surface area contributed by atoms with E-state index in [4.69, 9.17) is 0 Å². The highest BCUT2D eigenvalue weighted by molar-refractivity contribution is 5.78. The fourth-order valence-electron chi connectivity index (χ4n) is 3.03. The van der Waals surface area contributed by atoms with Crippen LogP contribution in [-0.2, 0) is 4.79 Å². The van der Waals surface area contributed by atoms with Gasteiger partial charge in [0, 0.05) is 12.1 Å². The Kier molecular flexibility index (Phi) is 6.27. The molecule has 0 aromatic carbocycles. The van der Waals surface area contributed by atoms with Crippen molar-refractivity contribution >= 4 is 5.97 Å². The third kappa shape index (κ3) is 4.46. The van der Waals surface area contributed by atoms with E-state index in [0.717, 1.165) is 19.4 Å². The Labute approximate surface area is 117 Å². The molecule has 1 unspecified atom stereocenters. The Bertz CT molecular complexity index is 286. The number of unbranched alkanes of at least 4 members (excludes halogenated alkanes) is 1. The van der Waals surface area contributed by atoms with Crippen molar-refractivity contribution in [1.29, 1.82) is 0 Å². The number of hydrogen-bond acceptors (Lipinski definition) is 3. The summed E-state index contributed by atoms with van der Waals surface area (Å²) in [6.07, 6.45) is 6.67. The Morgan fingerprint density at radius 2 is 1.89 bits per heavy atom. The van der Waals surface area contributed by atoms with Crippen molar-refractivity contribution < 1.29 is 9.90 Å². The molecule has 0 aliphatic carbocycles. The van der Waals surface area contributed by atoms with Gasteiger partial charge in [-0.25, -0.2) is 0 Å². The molecule has 4 nitrogen and oxygen atoms in total. The minimum atomic E-state index is -0.779. The summed E-state index contributed by atoms with van der Waals surface area (Å²) in [5.74, 6) is -0.755. The molecule has 2 N–H and O–H groups in total. The highest BCUT2D eigenvalue weighted by Gasteiger charge is 2.30. The summed E-state index contributed by atoms with van der Waals surface area (Å²) in [7, 11) is 1.73. The first-order valence-electron chi connectivity index (χ1n) is 7.59. The van der Waals surface area contributed by atoms with Crippen LogP contribution in [0.4, 0.5) is 0 Å². The maximum Gasteiger partial charge on any atom is 0.323 e. The minimum absolute atomic E-state index is 0.680. The van der Waals surface area contributed by atoms with E-state index in [0.29, 0.717) is 18.5 Å². The van der Waals surface area contributed by atoms with Crippen LogP contribution >= 0.6 is 0 Å². The van der Waals surface area contributed by atoms with Crippen molar-refractivity contribution in [2.45, 2.75) is 76.9 Å². The third-order valence-electron chi connectivity index (χ3n) is 4.74. The molecule has 0 bridgehead atoms. The van der Waals surface area contributed by atoms with Gasteiger partial charge in [0.2, 0.25) is 0 Å². The number of carboxylic acid groups (broad SMARTS) is 1. The van der Waals surface area contributed by atoms with Gasteiger partial charge in [-0.3, -0.25) is 9.69 Å². The van der Waals surface area contributed by atoms with Gasteiger partial charge in [0.05, 0.1) is 0 Å². The summed E-state index contributed by atoms with van der Waals surface area (Å²) in [5.41, 5.74) is -0.779. The fraction of sp³-hybridized carbons (Fsp3) is 0.933. The SMILES string of the molecule is CNC(C)(CCCCN1[C@H](C)CCC[C@@H]1C)C(=O)O. The summed E-state index contributed by atoms with van der Waals surface area (Å²) < 4.78 is 0. The Morgan fingerprint density at radius 1 is 1.32 bits per heavy atom. The molecule has 4 heteroatoms. The summed E-state index contributed by atoms with van der Waals surface area (Å²) in [6.45, 7) is 7.48. The van der Waals surface area contributed by atoms with Crippen molar-refractivity contribution in [2.75, 3.05) is 13.6 Å². The summed E-state index contributed by atoms with van der Waals surface area (Å²) in [6, 6.07) is 1.36. The average Bonchev–Trinajstić information content (AvgIpc) is 2.36. The quantitative estimate of drug-likeness (QED) is 0.698. The van der Waals surface area contributed by atoms with Crippen LogP contribution in [0.15, 0.2) is 0 Å². The van der Waals surface area contributed by atoms with E-state index >= 15 is 0 Å². The minimum Gasteiger partial charge on any atom is -0.480 e. The molecular formula is C15H30N2O2. The standard InChI is InChI=1S/C15H30N2O2/c1-12-8-7-9-13(2)17(12)11-6-5-10-15(3,16-4)14(18)19/h12-13,16H,5-11H2,1-4H3,(H,18,19)/t12-,13+,15?. The van der Waals surface area contributed by atoms with E-state index in [1.54, 1.807) is 14.0 Å². The molecule has 0 radical (unpaired) electrons. The highest BCUT2D eigenvalue weighted by atomic mass is 16.4. The zero-order valence-corrected chi connectivity index (χ0v) is 12.9. The molecule has 1 fully saturated rings. The predicted molar refractivity (Wildman–Crippen MR) is 78.4 cm³/mol. The van der Waals surface area contributed by atoms with Gasteiger partial charge in [-0.15, -0.1) is 0 Å². The van der Waals surface area contributed by atoms with Gasteiger partial charge in [0.15, 0.2) is 0 Å². The third-order valence-corrected chi connectivity index (χ3v) is 4.74. The van der Waals surface area contributed by atoms with Crippen LogP contribution in [0.1, 0.15) is 59.3 Å². The van der Waals surface area contributed by atoms with Gasteiger partial charge < -0.3 is 10.4 Å². The van der Waals surface area contributed by atoms with Crippen molar-refractivity contribution in [3.8, 4) is 0 Å². The number of aliphatic carboxylic acids is 1. The smallest absolute Gasteiger partial charge is 0.323 e. The molecule has 0 amide bonds. The number of nitrogens with one attached hydrogen (secondary N) is 1. The Hall–Kier alpha value is -0.610. The maximum atomic E-state index is 11.2. The monoisotopic (exact) mass is 270 g/mol. The number of likely N-dealkylation sites (N-methyl/N-ethyl adjacent to an activating group) is 1. The summed E-state index contributed by atoms with van der Waals surface area (Å²) in [5, 5.41) is 12.1. The van der Waals surface area contributed by atoms with Gasteiger partial charge in [-0.2, -0.15) is 0 Å². The Morgan fingerprint density at radius 3 is 2.37 bits per heavy atom. The second-order valence-electron chi connectivity index (χ2n) is 6.21. The molecule has 3 atom stereocenters. The van der Waals surface area contributed by atoms with E-state index in [2.05, 4.69) is 24.1 Å². The van der Waals surface area contributed by atoms with Gasteiger partial charge in [-0.05, 0) is 66.5 Å². The van der Waals surface area contributed by atoms with E-state index in [9.17, 15) is 9.90 Å². The molecule has 0 spiro atoms. The summed E-state index contributed by atoms with van der Waals surface area (Å²) in [4.78, 5) is 13.8. The molecule has 112 valence electrons. The molecule has 1 heterocycles. The summed E-state index contributed by atoms with van der Waals surface area (Å²) >= 11 is 0. The molecule has 0 aromatic heterocycles. The van der Waals surface area contributed by atoms with Crippen molar-refractivity contribution in [3.63, 3.8) is 0 Å². The van der Waals surface area contributed by atoms with Crippen molar-refractivity contribution in [2.24, 2.45) is 0 Å². The number of nitrogens with zero attached hydrogens (tertiary/aromatic N) is 1. The highest BCUT2D eigenvalue weighted by Crippen LogP contribution is 2.23. The van der Waals surface area contributed by atoms with Crippen molar-refractivity contribution in [3.05, 3.63) is 0 Å². The van der Waals surface area contributed by atoms with Gasteiger partial charge in [0.1, 0.15) is 5.54 Å². The molecule has 0 saturated carbocycles. The van der Waals surface area contributed by atoms with E-state index in [1.807, 2.05) is 0 Å². The van der Waals surface area contributed by atoms with Crippen molar-refractivity contribution in [1.82, 2.24) is 10.2 Å². The molecule has 0 aromatic rings. The number of hydrogen-bond donors (Lipinski definition) is 2. The first-order chi connectivity index (χ1) is 8.90. The van der Waals surface area contributed by atoms with Crippen LogP contribution in [0.25, 0.3) is 0 Å². The van der Waals surface area contributed by atoms with Crippen LogP contribution in [0.2, 0.25) is 0 Å². The van der Waals surface area contributed by atoms with Crippen LogP contribution in [0.5, 0.6) is 0 Å². The zero-order chi connectivity index (χ0) is 14.5. The lowest BCUT2D eigenvalue weighted by molar-refractivity contribution is -0.144. The molecule has 1 saturated heterocycles. The first-order valence-corrected chi connectivity index (χ1v) is 7.59. The normalized spacial score (nSPS) is 28.0. The second-order valence-corrected chi connectivity index (χ2v) is 6.21. The number of carbonyl (C=O) groups is 1. The van der Waals surface area contributed by atoms with E-state index in [1.165, 1.54) is 19.3 Å². The number of likely N-dealkylation sites (tertiary alicyclic amines) is 1. The predicted octanol–water partition coefficient (Wildman–Crippen LogP) is 2.48. The maximum absolute atomic E-state index is 11.2. The van der Waals surface area contributed by atoms with Crippen LogP contribution in [0.3, 0.4) is 0 Å². The lowest BCUT2D eigenvalue weighted by Crippen LogP contribution is -2.47. The van der Waals surface area contributed by atoms with Crippen LogP contribution in [-0.4, -0.2) is 47.2 Å². The number of piperidine rings is 1. The van der Waals surface area contributed by atoms with Gasteiger partial charge >= 0.3 is 5.97 Å². The van der Waals surface area contributed by atoms with Gasteiger partial charge in [-0.1, -0.05) is 6.42 Å². The molecule has 1 rings (SSSR count).